The molecule has 0 unspecified atom stereocenters. The molecule has 2 rings (SSSR count). The van der Waals surface area contributed by atoms with Crippen LogP contribution < -0.4 is 10.0 Å². The molecular formula is C18H19FN2O5S. The summed E-state index contributed by atoms with van der Waals surface area (Å²) in [6, 6.07) is 12.2. The van der Waals surface area contributed by atoms with E-state index in [1.165, 1.54) is 7.05 Å². The number of ether oxygens (including phenoxy) is 1. The smallest absolute Gasteiger partial charge is 0.341 e. The topological polar surface area (TPSA) is 102 Å². The highest BCUT2D eigenvalue weighted by atomic mass is 32.2. The second kappa shape index (κ2) is 9.24. The molecule has 0 aromatic heterocycles. The van der Waals surface area contributed by atoms with Crippen molar-refractivity contribution in [1.82, 2.24) is 10.0 Å². The summed E-state index contributed by atoms with van der Waals surface area (Å²) >= 11 is 0. The van der Waals surface area contributed by atoms with Crippen LogP contribution in [-0.4, -0.2) is 40.5 Å². The molecule has 0 fully saturated rings. The average Bonchev–Trinajstić information content (AvgIpc) is 2.67. The lowest BCUT2D eigenvalue weighted by Gasteiger charge is -2.09. The average molecular weight is 394 g/mol. The first-order valence-corrected chi connectivity index (χ1v) is 9.52. The normalized spacial score (nSPS) is 11.0. The van der Waals surface area contributed by atoms with Crippen molar-refractivity contribution >= 4 is 21.9 Å². The van der Waals surface area contributed by atoms with Gasteiger partial charge in [0.25, 0.3) is 5.91 Å². The van der Waals surface area contributed by atoms with Crippen LogP contribution in [0.4, 0.5) is 4.39 Å². The first-order valence-electron chi connectivity index (χ1n) is 8.04. The highest BCUT2D eigenvalue weighted by molar-refractivity contribution is 7.89. The quantitative estimate of drug-likeness (QED) is 0.656. The van der Waals surface area contributed by atoms with E-state index in [1.54, 1.807) is 0 Å². The molecule has 0 spiro atoms. The molecule has 7 nitrogen and oxygen atoms in total. The van der Waals surface area contributed by atoms with E-state index < -0.39 is 39.9 Å². The predicted molar refractivity (Wildman–Crippen MR) is 96.1 cm³/mol. The van der Waals surface area contributed by atoms with E-state index in [9.17, 15) is 22.4 Å². The van der Waals surface area contributed by atoms with E-state index >= 15 is 0 Å². The van der Waals surface area contributed by atoms with E-state index in [1.807, 2.05) is 30.3 Å². The summed E-state index contributed by atoms with van der Waals surface area (Å²) in [4.78, 5) is 23.4. The lowest BCUT2D eigenvalue weighted by Crippen LogP contribution is -2.30. The minimum absolute atomic E-state index is 0.286. The van der Waals surface area contributed by atoms with Gasteiger partial charge in [0.15, 0.2) is 6.61 Å². The Balaban J connectivity index is 1.89. The fourth-order valence-corrected chi connectivity index (χ4v) is 2.95. The van der Waals surface area contributed by atoms with Crippen LogP contribution in [0.5, 0.6) is 0 Å². The zero-order valence-corrected chi connectivity index (χ0v) is 15.4. The van der Waals surface area contributed by atoms with Crippen LogP contribution >= 0.6 is 0 Å². The summed E-state index contributed by atoms with van der Waals surface area (Å²) in [5, 5.41) is 2.58. The minimum Gasteiger partial charge on any atom is -0.452 e. The van der Waals surface area contributed by atoms with E-state index in [0.29, 0.717) is 13.0 Å². The van der Waals surface area contributed by atoms with Gasteiger partial charge >= 0.3 is 5.97 Å². The molecule has 0 bridgehead atoms. The van der Waals surface area contributed by atoms with E-state index in [4.69, 9.17) is 4.74 Å². The number of hydrogen-bond donors (Lipinski definition) is 2. The molecule has 0 saturated carbocycles. The van der Waals surface area contributed by atoms with Crippen LogP contribution in [0.15, 0.2) is 53.4 Å². The van der Waals surface area contributed by atoms with Crippen LogP contribution in [0.1, 0.15) is 15.9 Å². The summed E-state index contributed by atoms with van der Waals surface area (Å²) in [6.45, 7) is -0.249. The van der Waals surface area contributed by atoms with Crippen LogP contribution in [0.25, 0.3) is 0 Å². The molecule has 0 radical (unpaired) electrons. The van der Waals surface area contributed by atoms with Gasteiger partial charge in [-0.3, -0.25) is 4.79 Å². The zero-order chi connectivity index (χ0) is 19.9. The number of nitrogens with one attached hydrogen (secondary N) is 2. The fourth-order valence-electron chi connectivity index (χ4n) is 2.20. The molecule has 2 N–H and O–H groups in total. The standard InChI is InChI=1S/C18H19FN2O5S/c1-20-27(24,25)14-7-8-16(19)15(11-14)18(23)26-12-17(22)21-10-9-13-5-3-2-4-6-13/h2-8,11,20H,9-10,12H2,1H3,(H,21,22). The number of sulfonamides is 1. The van der Waals surface area contributed by atoms with Crippen LogP contribution in [0.2, 0.25) is 0 Å². The SMILES string of the molecule is CNS(=O)(=O)c1ccc(F)c(C(=O)OCC(=O)NCCc2ccccc2)c1. The minimum atomic E-state index is -3.84. The molecule has 0 atom stereocenters. The van der Waals surface area contributed by atoms with Crippen LogP contribution in [0.3, 0.4) is 0 Å². The second-order valence-electron chi connectivity index (χ2n) is 5.51. The number of amides is 1. The van der Waals surface area contributed by atoms with Crippen molar-refractivity contribution in [2.24, 2.45) is 0 Å². The van der Waals surface area contributed by atoms with Crippen molar-refractivity contribution in [3.63, 3.8) is 0 Å². The Morgan fingerprint density at radius 3 is 2.48 bits per heavy atom. The summed E-state index contributed by atoms with van der Waals surface area (Å²) in [7, 11) is -2.65. The van der Waals surface area contributed by atoms with Gasteiger partial charge in [-0.05, 0) is 37.2 Å². The molecule has 0 saturated heterocycles. The van der Waals surface area contributed by atoms with Gasteiger partial charge in [0.1, 0.15) is 5.82 Å². The lowest BCUT2D eigenvalue weighted by atomic mass is 10.1. The molecule has 2 aromatic rings. The Labute approximate surface area is 156 Å². The summed E-state index contributed by atoms with van der Waals surface area (Å²) < 4.78 is 44.1. The highest BCUT2D eigenvalue weighted by Gasteiger charge is 2.20. The van der Waals surface area contributed by atoms with Gasteiger partial charge in [0, 0.05) is 6.54 Å². The van der Waals surface area contributed by atoms with Gasteiger partial charge in [-0.25, -0.2) is 22.3 Å². The number of hydrogen-bond acceptors (Lipinski definition) is 5. The van der Waals surface area contributed by atoms with Gasteiger partial charge in [0.05, 0.1) is 10.5 Å². The Morgan fingerprint density at radius 2 is 1.81 bits per heavy atom. The number of benzene rings is 2. The van der Waals surface area contributed by atoms with Crippen molar-refractivity contribution in [1.29, 1.82) is 0 Å². The molecular weight excluding hydrogens is 375 g/mol. The van der Waals surface area contributed by atoms with Gasteiger partial charge in [0.2, 0.25) is 10.0 Å². The lowest BCUT2D eigenvalue weighted by molar-refractivity contribution is -0.124. The maximum atomic E-state index is 13.8. The third-order valence-electron chi connectivity index (χ3n) is 3.65. The van der Waals surface area contributed by atoms with Crippen molar-refractivity contribution < 1.29 is 27.1 Å². The number of esters is 1. The number of carbonyl (C=O) groups is 2. The Kier molecular flexibility index (Phi) is 7.03. The first kappa shape index (κ1) is 20.5. The van der Waals surface area contributed by atoms with Crippen LogP contribution in [0, 0.1) is 5.82 Å². The van der Waals surface area contributed by atoms with Gasteiger partial charge < -0.3 is 10.1 Å². The maximum Gasteiger partial charge on any atom is 0.341 e. The Bertz CT molecular complexity index is 917. The van der Waals surface area contributed by atoms with Gasteiger partial charge in [-0.1, -0.05) is 30.3 Å². The van der Waals surface area contributed by atoms with Crippen molar-refractivity contribution in [2.45, 2.75) is 11.3 Å². The molecule has 0 aliphatic heterocycles. The Hall–Kier alpha value is -2.78. The third-order valence-corrected chi connectivity index (χ3v) is 5.06. The summed E-state index contributed by atoms with van der Waals surface area (Å²) in [6.07, 6.45) is 0.610. The molecule has 1 amide bonds. The first-order chi connectivity index (χ1) is 12.8. The van der Waals surface area contributed by atoms with E-state index in [-0.39, 0.29) is 4.90 Å². The van der Waals surface area contributed by atoms with E-state index in [0.717, 1.165) is 23.8 Å². The Morgan fingerprint density at radius 1 is 1.11 bits per heavy atom. The molecule has 0 aliphatic carbocycles. The monoisotopic (exact) mass is 394 g/mol. The van der Waals surface area contributed by atoms with Crippen molar-refractivity contribution in [2.75, 3.05) is 20.2 Å². The third kappa shape index (κ3) is 5.87. The van der Waals surface area contributed by atoms with Gasteiger partial charge in [-0.2, -0.15) is 0 Å². The largest absolute Gasteiger partial charge is 0.452 e. The highest BCUT2D eigenvalue weighted by Crippen LogP contribution is 2.16. The maximum absolute atomic E-state index is 13.8. The molecule has 9 heteroatoms. The van der Waals surface area contributed by atoms with Crippen LogP contribution in [-0.2, 0) is 26.0 Å². The fraction of sp³-hybridized carbons (Fsp3) is 0.222. The predicted octanol–water partition coefficient (Wildman–Crippen LogP) is 1.25. The number of halogens is 1. The van der Waals surface area contributed by atoms with Crippen molar-refractivity contribution in [3.8, 4) is 0 Å². The van der Waals surface area contributed by atoms with E-state index in [2.05, 4.69) is 10.0 Å². The van der Waals surface area contributed by atoms with Gasteiger partial charge in [-0.15, -0.1) is 0 Å². The number of carbonyl (C=O) groups excluding carboxylic acids is 2. The summed E-state index contributed by atoms with van der Waals surface area (Å²) in [5.41, 5.74) is 0.475. The molecule has 2 aromatic carbocycles. The summed E-state index contributed by atoms with van der Waals surface area (Å²) in [5.74, 6) is -2.61. The molecule has 0 heterocycles. The second-order valence-corrected chi connectivity index (χ2v) is 7.40. The molecule has 0 aliphatic rings. The molecule has 27 heavy (non-hydrogen) atoms. The molecule has 144 valence electrons. The van der Waals surface area contributed by atoms with Crippen molar-refractivity contribution in [3.05, 3.63) is 65.5 Å². The zero-order valence-electron chi connectivity index (χ0n) is 14.6. The number of rotatable bonds is 8.